The average Bonchev–Trinajstić information content (AvgIpc) is 2.28. The second-order valence-electron chi connectivity index (χ2n) is 4.16. The lowest BCUT2D eigenvalue weighted by Gasteiger charge is -2.17. The van der Waals surface area contributed by atoms with E-state index in [1.807, 2.05) is 12.1 Å². The molecule has 0 amide bonds. The summed E-state index contributed by atoms with van der Waals surface area (Å²) in [6, 6.07) is 3.35. The lowest BCUT2D eigenvalue weighted by molar-refractivity contribution is 0.368. The van der Waals surface area contributed by atoms with Gasteiger partial charge in [0.25, 0.3) is 0 Å². The Morgan fingerprint density at radius 3 is 2.44 bits per heavy atom. The van der Waals surface area contributed by atoms with Crippen LogP contribution in [0, 0.1) is 0 Å². The standard InChI is InChI=1S/C12H20N2O2/c1-7(2)8-4-9(10(14)6-13)12(15)11(5-8)16-3/h4-5,7,10,15H,6,13-14H2,1-3H3/t10-/m0/s1. The van der Waals surface area contributed by atoms with Crippen molar-refractivity contribution in [3.8, 4) is 11.5 Å². The van der Waals surface area contributed by atoms with E-state index in [2.05, 4.69) is 13.8 Å². The second kappa shape index (κ2) is 5.18. The van der Waals surface area contributed by atoms with E-state index in [-0.39, 0.29) is 18.3 Å². The fourth-order valence-corrected chi connectivity index (χ4v) is 1.55. The molecule has 0 saturated heterocycles. The third-order valence-corrected chi connectivity index (χ3v) is 2.67. The zero-order valence-electron chi connectivity index (χ0n) is 10.0. The number of phenols is 1. The number of hydrogen-bond donors (Lipinski definition) is 3. The van der Waals surface area contributed by atoms with Crippen molar-refractivity contribution in [3.63, 3.8) is 0 Å². The lowest BCUT2D eigenvalue weighted by Crippen LogP contribution is -2.21. The topological polar surface area (TPSA) is 81.5 Å². The molecule has 1 aromatic rings. The fourth-order valence-electron chi connectivity index (χ4n) is 1.55. The van der Waals surface area contributed by atoms with E-state index in [1.54, 1.807) is 0 Å². The van der Waals surface area contributed by atoms with Crippen LogP contribution in [0.25, 0.3) is 0 Å². The van der Waals surface area contributed by atoms with Gasteiger partial charge in [0, 0.05) is 18.2 Å². The highest BCUT2D eigenvalue weighted by Crippen LogP contribution is 2.36. The molecular weight excluding hydrogens is 204 g/mol. The van der Waals surface area contributed by atoms with Crippen LogP contribution in [0.5, 0.6) is 11.5 Å². The van der Waals surface area contributed by atoms with Crippen LogP contribution in [0.4, 0.5) is 0 Å². The van der Waals surface area contributed by atoms with Crippen molar-refractivity contribution in [2.75, 3.05) is 13.7 Å². The molecule has 0 fully saturated rings. The van der Waals surface area contributed by atoms with Gasteiger partial charge in [0.2, 0.25) is 0 Å². The van der Waals surface area contributed by atoms with Crippen molar-refractivity contribution >= 4 is 0 Å². The zero-order chi connectivity index (χ0) is 12.3. The number of nitrogens with two attached hydrogens (primary N) is 2. The summed E-state index contributed by atoms with van der Waals surface area (Å²) in [5, 5.41) is 9.94. The summed E-state index contributed by atoms with van der Waals surface area (Å²) in [4.78, 5) is 0. The van der Waals surface area contributed by atoms with E-state index in [9.17, 15) is 5.11 Å². The van der Waals surface area contributed by atoms with Crippen molar-refractivity contribution in [1.29, 1.82) is 0 Å². The number of hydrogen-bond acceptors (Lipinski definition) is 4. The minimum absolute atomic E-state index is 0.0878. The largest absolute Gasteiger partial charge is 0.504 e. The Kier molecular flexibility index (Phi) is 4.15. The van der Waals surface area contributed by atoms with E-state index in [1.165, 1.54) is 7.11 Å². The Bertz CT molecular complexity index is 364. The molecule has 1 rings (SSSR count). The van der Waals surface area contributed by atoms with Crippen LogP contribution in [0.1, 0.15) is 36.9 Å². The molecular formula is C12H20N2O2. The third kappa shape index (κ3) is 2.46. The molecule has 1 aromatic carbocycles. The molecule has 0 aliphatic rings. The predicted octanol–water partition coefficient (Wildman–Crippen LogP) is 1.48. The maximum atomic E-state index is 9.94. The molecule has 0 unspecified atom stereocenters. The Hall–Kier alpha value is -1.26. The highest BCUT2D eigenvalue weighted by molar-refractivity contribution is 5.50. The first-order valence-electron chi connectivity index (χ1n) is 5.37. The van der Waals surface area contributed by atoms with Gasteiger partial charge in [0.05, 0.1) is 7.11 Å². The van der Waals surface area contributed by atoms with E-state index in [0.717, 1.165) is 5.56 Å². The van der Waals surface area contributed by atoms with E-state index in [4.69, 9.17) is 16.2 Å². The van der Waals surface area contributed by atoms with Crippen molar-refractivity contribution in [2.45, 2.75) is 25.8 Å². The highest BCUT2D eigenvalue weighted by atomic mass is 16.5. The smallest absolute Gasteiger partial charge is 0.162 e. The molecule has 4 nitrogen and oxygen atoms in total. The molecule has 16 heavy (non-hydrogen) atoms. The van der Waals surface area contributed by atoms with E-state index in [0.29, 0.717) is 17.2 Å². The Labute approximate surface area is 96.2 Å². The number of methoxy groups -OCH3 is 1. The van der Waals surface area contributed by atoms with Gasteiger partial charge in [-0.3, -0.25) is 0 Å². The summed E-state index contributed by atoms with van der Waals surface area (Å²) >= 11 is 0. The maximum Gasteiger partial charge on any atom is 0.162 e. The Morgan fingerprint density at radius 1 is 1.38 bits per heavy atom. The maximum absolute atomic E-state index is 9.94. The molecule has 0 heterocycles. The number of aromatic hydroxyl groups is 1. The lowest BCUT2D eigenvalue weighted by atomic mass is 9.96. The molecule has 1 atom stereocenters. The van der Waals surface area contributed by atoms with Gasteiger partial charge in [0.15, 0.2) is 11.5 Å². The van der Waals surface area contributed by atoms with Crippen molar-refractivity contribution < 1.29 is 9.84 Å². The molecule has 0 aliphatic heterocycles. The Morgan fingerprint density at radius 2 is 2.00 bits per heavy atom. The highest BCUT2D eigenvalue weighted by Gasteiger charge is 2.16. The van der Waals surface area contributed by atoms with Gasteiger partial charge in [-0.2, -0.15) is 0 Å². The van der Waals surface area contributed by atoms with E-state index >= 15 is 0 Å². The number of rotatable bonds is 4. The van der Waals surface area contributed by atoms with Crippen LogP contribution in [-0.4, -0.2) is 18.8 Å². The van der Waals surface area contributed by atoms with Gasteiger partial charge in [-0.15, -0.1) is 0 Å². The van der Waals surface area contributed by atoms with Crippen LogP contribution in [0.15, 0.2) is 12.1 Å². The predicted molar refractivity (Wildman–Crippen MR) is 64.7 cm³/mol. The quantitative estimate of drug-likeness (QED) is 0.723. The van der Waals surface area contributed by atoms with Crippen LogP contribution >= 0.6 is 0 Å². The van der Waals surface area contributed by atoms with E-state index < -0.39 is 0 Å². The summed E-state index contributed by atoms with van der Waals surface area (Å²) in [7, 11) is 1.52. The van der Waals surface area contributed by atoms with Crippen molar-refractivity contribution in [3.05, 3.63) is 23.3 Å². The molecule has 4 heteroatoms. The molecule has 0 spiro atoms. The first kappa shape index (κ1) is 12.8. The first-order chi connectivity index (χ1) is 7.51. The molecule has 0 aromatic heterocycles. The van der Waals surface area contributed by atoms with Crippen LogP contribution in [0.2, 0.25) is 0 Å². The molecule has 0 aliphatic carbocycles. The first-order valence-corrected chi connectivity index (χ1v) is 5.37. The number of phenolic OH excluding ortho intramolecular Hbond substituents is 1. The van der Waals surface area contributed by atoms with Gasteiger partial charge in [-0.1, -0.05) is 13.8 Å². The number of ether oxygens (including phenoxy) is 1. The summed E-state index contributed by atoms with van der Waals surface area (Å²) in [6.07, 6.45) is 0. The fraction of sp³-hybridized carbons (Fsp3) is 0.500. The monoisotopic (exact) mass is 224 g/mol. The SMILES string of the molecule is COc1cc(C(C)C)cc([C@@H](N)CN)c1O. The second-order valence-corrected chi connectivity index (χ2v) is 4.16. The van der Waals surface area contributed by atoms with Crippen molar-refractivity contribution in [1.82, 2.24) is 0 Å². The van der Waals surface area contributed by atoms with Gasteiger partial charge >= 0.3 is 0 Å². The zero-order valence-corrected chi connectivity index (χ0v) is 10.0. The molecule has 90 valence electrons. The summed E-state index contributed by atoms with van der Waals surface area (Å²) in [5.41, 5.74) is 13.1. The Balaban J connectivity index is 3.29. The van der Waals surface area contributed by atoms with Gasteiger partial charge in [-0.05, 0) is 23.6 Å². The minimum atomic E-state index is -0.368. The molecule has 0 bridgehead atoms. The number of benzene rings is 1. The molecule has 5 N–H and O–H groups in total. The van der Waals surface area contributed by atoms with Crippen LogP contribution in [0.3, 0.4) is 0 Å². The minimum Gasteiger partial charge on any atom is -0.504 e. The van der Waals surface area contributed by atoms with Crippen LogP contribution < -0.4 is 16.2 Å². The molecule has 0 radical (unpaired) electrons. The summed E-state index contributed by atoms with van der Waals surface area (Å²) in [5.74, 6) is 0.883. The third-order valence-electron chi connectivity index (χ3n) is 2.67. The molecule has 0 saturated carbocycles. The van der Waals surface area contributed by atoms with Crippen LogP contribution in [-0.2, 0) is 0 Å². The summed E-state index contributed by atoms with van der Waals surface area (Å²) < 4.78 is 5.12. The van der Waals surface area contributed by atoms with Gasteiger partial charge in [-0.25, -0.2) is 0 Å². The summed E-state index contributed by atoms with van der Waals surface area (Å²) in [6.45, 7) is 4.44. The van der Waals surface area contributed by atoms with Gasteiger partial charge in [0.1, 0.15) is 0 Å². The normalized spacial score (nSPS) is 12.9. The average molecular weight is 224 g/mol. The van der Waals surface area contributed by atoms with Crippen molar-refractivity contribution in [2.24, 2.45) is 11.5 Å². The van der Waals surface area contributed by atoms with Gasteiger partial charge < -0.3 is 21.3 Å².